The molecule has 0 aliphatic rings. The average Bonchev–Trinajstić information content (AvgIpc) is 2.48. The number of carbonyl (C=O) groups is 2. The Kier molecular flexibility index (Phi) is 7.36. The van der Waals surface area contributed by atoms with E-state index in [2.05, 4.69) is 27.8 Å². The predicted octanol–water partition coefficient (Wildman–Crippen LogP) is 1.67. The standard InChI is InChI=1S/C14H15BrN2O6/c1-2-5-23-8-12(14(19)20)16-13(18)6-9-3-4-10(17(21)22)7-11(9)15/h2-4,7,12H,1,5-6,8H2,(H,16,18)(H,19,20). The molecule has 8 nitrogen and oxygen atoms in total. The molecular weight excluding hydrogens is 372 g/mol. The van der Waals surface area contributed by atoms with Crippen molar-refractivity contribution in [2.45, 2.75) is 12.5 Å². The number of nitrogens with zero attached hydrogens (tertiary/aromatic N) is 1. The van der Waals surface area contributed by atoms with Crippen LogP contribution in [0.1, 0.15) is 5.56 Å². The number of nitro benzene ring substituents is 1. The maximum absolute atomic E-state index is 11.9. The summed E-state index contributed by atoms with van der Waals surface area (Å²) in [4.78, 5) is 33.1. The van der Waals surface area contributed by atoms with Gasteiger partial charge in [-0.25, -0.2) is 4.79 Å². The van der Waals surface area contributed by atoms with Crippen LogP contribution in [0.5, 0.6) is 0 Å². The average molecular weight is 387 g/mol. The first kappa shape index (κ1) is 18.8. The molecule has 1 aromatic carbocycles. The zero-order chi connectivity index (χ0) is 17.4. The molecule has 0 aliphatic heterocycles. The number of benzene rings is 1. The molecule has 0 aromatic heterocycles. The number of hydrogen-bond acceptors (Lipinski definition) is 5. The number of halogens is 1. The van der Waals surface area contributed by atoms with Crippen molar-refractivity contribution < 1.29 is 24.4 Å². The first-order valence-electron chi connectivity index (χ1n) is 6.48. The molecule has 9 heteroatoms. The monoisotopic (exact) mass is 386 g/mol. The lowest BCUT2D eigenvalue weighted by molar-refractivity contribution is -0.384. The van der Waals surface area contributed by atoms with Crippen LogP contribution in [0.15, 0.2) is 35.3 Å². The number of nitro groups is 1. The van der Waals surface area contributed by atoms with Gasteiger partial charge in [0.1, 0.15) is 0 Å². The minimum atomic E-state index is -1.22. The van der Waals surface area contributed by atoms with E-state index in [1.165, 1.54) is 24.3 Å². The third-order valence-electron chi connectivity index (χ3n) is 2.75. The van der Waals surface area contributed by atoms with Gasteiger partial charge in [-0.1, -0.05) is 28.1 Å². The van der Waals surface area contributed by atoms with E-state index < -0.39 is 22.8 Å². The van der Waals surface area contributed by atoms with Gasteiger partial charge in [-0.05, 0) is 5.56 Å². The van der Waals surface area contributed by atoms with Crippen LogP contribution in [0.3, 0.4) is 0 Å². The molecule has 0 fully saturated rings. The third-order valence-corrected chi connectivity index (χ3v) is 3.49. The van der Waals surface area contributed by atoms with E-state index >= 15 is 0 Å². The van der Waals surface area contributed by atoms with Crippen molar-refractivity contribution >= 4 is 33.5 Å². The van der Waals surface area contributed by atoms with E-state index in [-0.39, 0.29) is 25.3 Å². The largest absolute Gasteiger partial charge is 0.480 e. The topological polar surface area (TPSA) is 119 Å². The number of rotatable bonds is 9. The maximum atomic E-state index is 11.9. The summed E-state index contributed by atoms with van der Waals surface area (Å²) in [6.45, 7) is 3.42. The Morgan fingerprint density at radius 2 is 2.22 bits per heavy atom. The molecule has 124 valence electrons. The van der Waals surface area contributed by atoms with Crippen molar-refractivity contribution in [1.82, 2.24) is 5.32 Å². The second kappa shape index (κ2) is 9.01. The van der Waals surface area contributed by atoms with Crippen LogP contribution < -0.4 is 5.32 Å². The number of amides is 1. The lowest BCUT2D eigenvalue weighted by Crippen LogP contribution is -2.44. The Bertz CT molecular complexity index is 619. The Labute approximate surface area is 140 Å². The van der Waals surface area contributed by atoms with Crippen LogP contribution in [-0.2, 0) is 20.7 Å². The Morgan fingerprint density at radius 1 is 1.52 bits per heavy atom. The minimum absolute atomic E-state index is 0.109. The van der Waals surface area contributed by atoms with Gasteiger partial charge in [0.2, 0.25) is 5.91 Å². The first-order valence-corrected chi connectivity index (χ1v) is 7.28. The summed E-state index contributed by atoms with van der Waals surface area (Å²) in [5, 5.41) is 22.0. The molecule has 1 amide bonds. The number of non-ortho nitro benzene ring substituents is 1. The molecule has 23 heavy (non-hydrogen) atoms. The molecule has 0 aliphatic carbocycles. The number of carboxylic acid groups (broad SMARTS) is 1. The van der Waals surface area contributed by atoms with E-state index in [0.29, 0.717) is 10.0 Å². The van der Waals surface area contributed by atoms with Gasteiger partial charge in [0.05, 0.1) is 24.6 Å². The van der Waals surface area contributed by atoms with Gasteiger partial charge in [-0.15, -0.1) is 6.58 Å². The number of ether oxygens (including phenoxy) is 1. The summed E-state index contributed by atoms with van der Waals surface area (Å²) >= 11 is 3.15. The molecule has 0 saturated heterocycles. The second-order valence-electron chi connectivity index (χ2n) is 4.49. The summed E-state index contributed by atoms with van der Waals surface area (Å²) in [7, 11) is 0. The van der Waals surface area contributed by atoms with Crippen molar-refractivity contribution in [2.24, 2.45) is 0 Å². The predicted molar refractivity (Wildman–Crippen MR) is 85.1 cm³/mol. The van der Waals surface area contributed by atoms with Gasteiger partial charge in [0.25, 0.3) is 5.69 Å². The lowest BCUT2D eigenvalue weighted by Gasteiger charge is -2.14. The molecule has 1 rings (SSSR count). The van der Waals surface area contributed by atoms with Gasteiger partial charge in [0.15, 0.2) is 6.04 Å². The van der Waals surface area contributed by atoms with Gasteiger partial charge in [-0.2, -0.15) is 0 Å². The number of hydrogen-bond donors (Lipinski definition) is 2. The van der Waals surface area contributed by atoms with E-state index in [9.17, 15) is 19.7 Å². The molecule has 1 aromatic rings. The summed E-state index contributed by atoms with van der Waals surface area (Å²) in [5.41, 5.74) is 0.395. The van der Waals surface area contributed by atoms with Gasteiger partial charge in [-0.3, -0.25) is 14.9 Å². The van der Waals surface area contributed by atoms with Gasteiger partial charge >= 0.3 is 5.97 Å². The first-order chi connectivity index (χ1) is 10.8. The molecule has 2 N–H and O–H groups in total. The highest BCUT2D eigenvalue weighted by molar-refractivity contribution is 9.10. The number of aliphatic carboxylic acids is 1. The number of carboxylic acids is 1. The molecule has 0 saturated carbocycles. The highest BCUT2D eigenvalue weighted by Gasteiger charge is 2.21. The molecule has 0 spiro atoms. The van der Waals surface area contributed by atoms with Crippen molar-refractivity contribution in [2.75, 3.05) is 13.2 Å². The fourth-order valence-corrected chi connectivity index (χ4v) is 2.16. The summed E-state index contributed by atoms with van der Waals surface area (Å²) in [6.07, 6.45) is 1.35. The van der Waals surface area contributed by atoms with Crippen LogP contribution in [0.4, 0.5) is 5.69 Å². The van der Waals surface area contributed by atoms with Crippen molar-refractivity contribution in [1.29, 1.82) is 0 Å². The lowest BCUT2D eigenvalue weighted by atomic mass is 10.1. The molecule has 1 atom stereocenters. The van der Waals surface area contributed by atoms with Crippen LogP contribution in [0.2, 0.25) is 0 Å². The molecule has 0 bridgehead atoms. The molecule has 0 radical (unpaired) electrons. The van der Waals surface area contributed by atoms with E-state index in [1.807, 2.05) is 0 Å². The van der Waals surface area contributed by atoms with Crippen molar-refractivity contribution in [3.8, 4) is 0 Å². The fourth-order valence-electron chi connectivity index (χ4n) is 1.66. The van der Waals surface area contributed by atoms with E-state index in [1.54, 1.807) is 0 Å². The van der Waals surface area contributed by atoms with E-state index in [0.717, 1.165) is 0 Å². The molecular formula is C14H15BrN2O6. The summed E-state index contributed by atoms with van der Waals surface area (Å²) in [6, 6.07) is 2.81. The van der Waals surface area contributed by atoms with Crippen LogP contribution in [0.25, 0.3) is 0 Å². The quantitative estimate of drug-likeness (QED) is 0.288. The van der Waals surface area contributed by atoms with Gasteiger partial charge < -0.3 is 15.2 Å². The normalized spacial score (nSPS) is 11.5. The molecule has 0 heterocycles. The fraction of sp³-hybridized carbons (Fsp3) is 0.286. The Balaban J connectivity index is 2.69. The van der Waals surface area contributed by atoms with Crippen LogP contribution >= 0.6 is 15.9 Å². The zero-order valence-corrected chi connectivity index (χ0v) is 13.6. The highest BCUT2D eigenvalue weighted by Crippen LogP contribution is 2.23. The third kappa shape index (κ3) is 6.17. The Morgan fingerprint density at radius 3 is 2.74 bits per heavy atom. The van der Waals surface area contributed by atoms with Gasteiger partial charge in [0, 0.05) is 16.6 Å². The number of carbonyl (C=O) groups excluding carboxylic acids is 1. The number of nitrogens with one attached hydrogen (secondary N) is 1. The molecule has 1 unspecified atom stereocenters. The smallest absolute Gasteiger partial charge is 0.328 e. The zero-order valence-electron chi connectivity index (χ0n) is 12.0. The highest BCUT2D eigenvalue weighted by atomic mass is 79.9. The maximum Gasteiger partial charge on any atom is 0.328 e. The van der Waals surface area contributed by atoms with Crippen LogP contribution in [0, 0.1) is 10.1 Å². The van der Waals surface area contributed by atoms with Crippen molar-refractivity contribution in [3.63, 3.8) is 0 Å². The Hall–Kier alpha value is -2.26. The van der Waals surface area contributed by atoms with Crippen LogP contribution in [-0.4, -0.2) is 41.2 Å². The van der Waals surface area contributed by atoms with Crippen molar-refractivity contribution in [3.05, 3.63) is 51.0 Å². The van der Waals surface area contributed by atoms with E-state index in [4.69, 9.17) is 9.84 Å². The summed E-state index contributed by atoms with van der Waals surface area (Å²) in [5.74, 6) is -1.75. The summed E-state index contributed by atoms with van der Waals surface area (Å²) < 4.78 is 5.42. The minimum Gasteiger partial charge on any atom is -0.480 e. The second-order valence-corrected chi connectivity index (χ2v) is 5.35. The SMILES string of the molecule is C=CCOCC(NC(=O)Cc1ccc([N+](=O)[O-])cc1Br)C(=O)O.